The maximum atomic E-state index is 12.5. The predicted molar refractivity (Wildman–Crippen MR) is 75.6 cm³/mol. The number of hydrogen-bond acceptors (Lipinski definition) is 3. The van der Waals surface area contributed by atoms with Gasteiger partial charge in [0.25, 0.3) is 0 Å². The highest BCUT2D eigenvalue weighted by atomic mass is 35.5. The molecule has 18 heavy (non-hydrogen) atoms. The lowest BCUT2D eigenvalue weighted by atomic mass is 9.97. The Balaban J connectivity index is 2.19. The van der Waals surface area contributed by atoms with Crippen molar-refractivity contribution in [3.8, 4) is 0 Å². The Hall–Kier alpha value is -0.100. The van der Waals surface area contributed by atoms with Gasteiger partial charge < -0.3 is 0 Å². The Labute approximate surface area is 118 Å². The second-order valence-electron chi connectivity index (χ2n) is 4.66. The number of hydrogen-bond donors (Lipinski definition) is 0. The van der Waals surface area contributed by atoms with Gasteiger partial charge in [-0.05, 0) is 24.8 Å². The maximum absolute atomic E-state index is 12.5. The molecule has 0 aliphatic carbocycles. The fourth-order valence-electron chi connectivity index (χ4n) is 2.29. The van der Waals surface area contributed by atoms with Gasteiger partial charge in [0.05, 0.1) is 10.8 Å². The Morgan fingerprint density at radius 1 is 1.56 bits per heavy atom. The van der Waals surface area contributed by atoms with Crippen LogP contribution in [-0.4, -0.2) is 25.8 Å². The molecule has 6 heteroatoms. The summed E-state index contributed by atoms with van der Waals surface area (Å²) in [6, 6.07) is 1.70. The van der Waals surface area contributed by atoms with E-state index in [-0.39, 0.29) is 0 Å². The Morgan fingerprint density at radius 3 is 2.94 bits per heavy atom. The number of alkyl halides is 1. The first kappa shape index (κ1) is 14.3. The van der Waals surface area contributed by atoms with E-state index in [1.165, 1.54) is 11.3 Å². The van der Waals surface area contributed by atoms with Crippen molar-refractivity contribution in [3.63, 3.8) is 0 Å². The average Bonchev–Trinajstić information content (AvgIpc) is 2.88. The molecule has 1 aromatic heterocycles. The number of piperidine rings is 1. The van der Waals surface area contributed by atoms with Crippen molar-refractivity contribution in [2.45, 2.75) is 37.0 Å². The molecule has 0 N–H and O–H groups in total. The van der Waals surface area contributed by atoms with Gasteiger partial charge in [0, 0.05) is 23.3 Å². The summed E-state index contributed by atoms with van der Waals surface area (Å²) >= 11 is 7.13. The summed E-state index contributed by atoms with van der Waals surface area (Å²) in [7, 11) is -3.31. The van der Waals surface area contributed by atoms with Crippen molar-refractivity contribution in [3.05, 3.63) is 16.3 Å². The monoisotopic (exact) mass is 307 g/mol. The number of rotatable bonds is 4. The quantitative estimate of drug-likeness (QED) is 0.800. The molecule has 1 atom stereocenters. The normalized spacial score (nSPS) is 22.2. The van der Waals surface area contributed by atoms with Gasteiger partial charge in [0.2, 0.25) is 10.0 Å². The molecule has 1 saturated heterocycles. The smallest absolute Gasteiger partial charge is 0.207 e. The van der Waals surface area contributed by atoms with E-state index in [9.17, 15) is 8.42 Å². The second kappa shape index (κ2) is 5.90. The maximum Gasteiger partial charge on any atom is 0.243 e. The molecule has 1 fully saturated rings. The number of sulfonamides is 1. The Bertz CT molecular complexity index is 498. The molecule has 0 spiro atoms. The van der Waals surface area contributed by atoms with E-state index in [4.69, 9.17) is 11.6 Å². The van der Waals surface area contributed by atoms with Crippen LogP contribution in [0.15, 0.2) is 16.3 Å². The van der Waals surface area contributed by atoms with Gasteiger partial charge >= 0.3 is 0 Å². The van der Waals surface area contributed by atoms with Crippen molar-refractivity contribution in [2.24, 2.45) is 5.92 Å². The van der Waals surface area contributed by atoms with Gasteiger partial charge in [-0.25, -0.2) is 8.42 Å². The summed E-state index contributed by atoms with van der Waals surface area (Å²) in [5.74, 6) is 0.872. The van der Waals surface area contributed by atoms with Crippen molar-refractivity contribution >= 4 is 33.0 Å². The molecule has 0 amide bonds. The van der Waals surface area contributed by atoms with E-state index in [1.54, 1.807) is 15.8 Å². The summed E-state index contributed by atoms with van der Waals surface area (Å²) in [5, 5.41) is 1.70. The van der Waals surface area contributed by atoms with Gasteiger partial charge in [0.15, 0.2) is 0 Å². The largest absolute Gasteiger partial charge is 0.243 e. The van der Waals surface area contributed by atoms with Crippen molar-refractivity contribution in [1.82, 2.24) is 4.31 Å². The minimum absolute atomic E-state index is 0.373. The molecule has 102 valence electrons. The first-order valence-electron chi connectivity index (χ1n) is 6.21. The van der Waals surface area contributed by atoms with Crippen LogP contribution in [0.2, 0.25) is 0 Å². The molecule has 1 unspecified atom stereocenters. The first-order chi connectivity index (χ1) is 8.57. The third-order valence-electron chi connectivity index (χ3n) is 3.46. The highest BCUT2D eigenvalue weighted by Crippen LogP contribution is 2.28. The fourth-order valence-corrected chi connectivity index (χ4v) is 5.22. The van der Waals surface area contributed by atoms with E-state index < -0.39 is 10.0 Å². The topological polar surface area (TPSA) is 37.4 Å². The van der Waals surface area contributed by atoms with Crippen molar-refractivity contribution in [2.75, 3.05) is 13.1 Å². The molecule has 3 nitrogen and oxygen atoms in total. The summed E-state index contributed by atoms with van der Waals surface area (Å²) in [5.41, 5.74) is 0. The van der Waals surface area contributed by atoms with Crippen LogP contribution >= 0.6 is 22.9 Å². The molecule has 2 heterocycles. The van der Waals surface area contributed by atoms with Gasteiger partial charge in [-0.15, -0.1) is 22.9 Å². The predicted octanol–water partition coefficient (Wildman–Crippen LogP) is 3.30. The van der Waals surface area contributed by atoms with Crippen LogP contribution in [0.3, 0.4) is 0 Å². The van der Waals surface area contributed by atoms with E-state index in [0.717, 1.165) is 24.1 Å². The lowest BCUT2D eigenvalue weighted by molar-refractivity contribution is 0.261. The van der Waals surface area contributed by atoms with Crippen molar-refractivity contribution < 1.29 is 8.42 Å². The molecule has 1 aromatic rings. The molecule has 0 aromatic carbocycles. The minimum atomic E-state index is -3.31. The first-order valence-corrected chi connectivity index (χ1v) is 9.07. The molecule has 1 aliphatic heterocycles. The molecular weight excluding hydrogens is 290 g/mol. The molecule has 0 bridgehead atoms. The zero-order valence-corrected chi connectivity index (χ0v) is 12.8. The number of halogens is 1. The van der Waals surface area contributed by atoms with Gasteiger partial charge in [-0.1, -0.05) is 13.3 Å². The van der Waals surface area contributed by atoms with Gasteiger partial charge in [-0.3, -0.25) is 0 Å². The van der Waals surface area contributed by atoms with Gasteiger partial charge in [-0.2, -0.15) is 4.31 Å². The molecule has 0 saturated carbocycles. The van der Waals surface area contributed by atoms with Crippen LogP contribution in [0.25, 0.3) is 0 Å². The van der Waals surface area contributed by atoms with Crippen LogP contribution in [0.5, 0.6) is 0 Å². The van der Waals surface area contributed by atoms with E-state index in [0.29, 0.717) is 29.8 Å². The Kier molecular flexibility index (Phi) is 4.69. The molecule has 1 aliphatic rings. The van der Waals surface area contributed by atoms with Crippen LogP contribution in [-0.2, 0) is 15.9 Å². The molecule has 2 rings (SSSR count). The lowest BCUT2D eigenvalue weighted by Crippen LogP contribution is -2.39. The highest BCUT2D eigenvalue weighted by molar-refractivity contribution is 7.89. The van der Waals surface area contributed by atoms with Crippen molar-refractivity contribution in [1.29, 1.82) is 0 Å². The zero-order valence-electron chi connectivity index (χ0n) is 10.4. The Morgan fingerprint density at radius 2 is 2.33 bits per heavy atom. The third-order valence-corrected chi connectivity index (χ3v) is 6.83. The van der Waals surface area contributed by atoms with Gasteiger partial charge in [0.1, 0.15) is 0 Å². The standard InChI is InChI=1S/C12H18ClNO2S2/c1-2-10-4-3-5-14(8-10)18(15,16)12-6-11(7-13)17-9-12/h6,9-10H,2-5,7-8H2,1H3. The van der Waals surface area contributed by atoms with Crippen LogP contribution in [0.1, 0.15) is 31.1 Å². The summed E-state index contributed by atoms with van der Waals surface area (Å²) in [6.45, 7) is 3.42. The highest BCUT2D eigenvalue weighted by Gasteiger charge is 2.30. The summed E-state index contributed by atoms with van der Waals surface area (Å²) < 4.78 is 26.6. The SMILES string of the molecule is CCC1CCCN(S(=O)(=O)c2csc(CCl)c2)C1. The minimum Gasteiger partial charge on any atom is -0.207 e. The summed E-state index contributed by atoms with van der Waals surface area (Å²) in [4.78, 5) is 1.30. The van der Waals surface area contributed by atoms with E-state index >= 15 is 0 Å². The van der Waals surface area contributed by atoms with E-state index in [1.807, 2.05) is 0 Å². The molecule has 0 radical (unpaired) electrons. The number of nitrogens with zero attached hydrogens (tertiary/aromatic N) is 1. The fraction of sp³-hybridized carbons (Fsp3) is 0.667. The molecular formula is C12H18ClNO2S2. The van der Waals surface area contributed by atoms with Crippen LogP contribution < -0.4 is 0 Å². The third kappa shape index (κ3) is 2.90. The average molecular weight is 308 g/mol. The summed E-state index contributed by atoms with van der Waals surface area (Å²) in [6.07, 6.45) is 3.14. The van der Waals surface area contributed by atoms with E-state index in [2.05, 4.69) is 6.92 Å². The van der Waals surface area contributed by atoms with Crippen LogP contribution in [0.4, 0.5) is 0 Å². The second-order valence-corrected chi connectivity index (χ2v) is 7.86. The lowest BCUT2D eigenvalue weighted by Gasteiger charge is -2.31. The zero-order chi connectivity index (χ0) is 13.2. The van der Waals surface area contributed by atoms with Crippen LogP contribution in [0, 0.1) is 5.92 Å². The number of thiophene rings is 1.